The summed E-state index contributed by atoms with van der Waals surface area (Å²) < 4.78 is 11.7. The van der Waals surface area contributed by atoms with E-state index >= 15 is 0 Å². The molecule has 0 fully saturated rings. The molecule has 3 aromatic carbocycles. The highest BCUT2D eigenvalue weighted by molar-refractivity contribution is 5.83. The molecule has 2 heterocycles. The van der Waals surface area contributed by atoms with Crippen LogP contribution in [0, 0.1) is 12.3 Å². The number of fused-ring (bicyclic) bond motifs is 2. The molecule has 0 bridgehead atoms. The van der Waals surface area contributed by atoms with E-state index < -0.39 is 0 Å². The van der Waals surface area contributed by atoms with Crippen molar-refractivity contribution in [2.75, 3.05) is 40.4 Å². The number of aromatic amines is 2. The number of carbonyl (C=O) groups excluding carboxylic acids is 1. The van der Waals surface area contributed by atoms with Crippen LogP contribution in [0.4, 0.5) is 0 Å². The van der Waals surface area contributed by atoms with Crippen LogP contribution >= 0.6 is 0 Å². The Hall–Kier alpha value is -4.81. The zero-order chi connectivity index (χ0) is 28.6. The molecule has 0 unspecified atom stereocenters. The van der Waals surface area contributed by atoms with Gasteiger partial charge in [-0.25, -0.2) is 9.97 Å². The summed E-state index contributed by atoms with van der Waals surface area (Å²) in [6.45, 7) is 2.35. The Balaban J connectivity index is 1.21. The van der Waals surface area contributed by atoms with E-state index in [-0.39, 0.29) is 12.5 Å². The molecule has 0 spiro atoms. The van der Waals surface area contributed by atoms with Gasteiger partial charge in [0.05, 0.1) is 41.8 Å². The Bertz CT molecular complexity index is 1660. The molecule has 9 nitrogen and oxygen atoms in total. The summed E-state index contributed by atoms with van der Waals surface area (Å²) >= 11 is 0. The van der Waals surface area contributed by atoms with Crippen molar-refractivity contribution < 1.29 is 14.3 Å². The van der Waals surface area contributed by atoms with Crippen molar-refractivity contribution in [1.29, 1.82) is 0 Å². The summed E-state index contributed by atoms with van der Waals surface area (Å²) in [5, 5.41) is 2.65. The first-order chi connectivity index (χ1) is 20.0. The molecular weight excluding hydrogens is 516 g/mol. The molecule has 0 atom stereocenters. The van der Waals surface area contributed by atoms with Gasteiger partial charge in [0.15, 0.2) is 0 Å². The predicted octanol–water partition coefficient (Wildman–Crippen LogP) is 5.01. The molecular formula is C32H34N6O3. The van der Waals surface area contributed by atoms with Crippen LogP contribution in [-0.2, 0) is 4.79 Å². The summed E-state index contributed by atoms with van der Waals surface area (Å²) in [4.78, 5) is 30.1. The molecule has 0 aliphatic carbocycles. The van der Waals surface area contributed by atoms with Crippen LogP contribution in [0.15, 0.2) is 60.7 Å². The van der Waals surface area contributed by atoms with Crippen molar-refractivity contribution in [3.63, 3.8) is 0 Å². The second kappa shape index (κ2) is 13.0. The highest BCUT2D eigenvalue weighted by atomic mass is 16.5. The molecule has 3 N–H and O–H groups in total. The van der Waals surface area contributed by atoms with E-state index in [2.05, 4.69) is 40.2 Å². The second-order valence-corrected chi connectivity index (χ2v) is 10.0. The molecule has 0 aliphatic heterocycles. The maximum atomic E-state index is 11.7. The van der Waals surface area contributed by atoms with E-state index in [0.29, 0.717) is 26.1 Å². The third-order valence-corrected chi connectivity index (χ3v) is 6.56. The van der Waals surface area contributed by atoms with Crippen molar-refractivity contribution in [2.24, 2.45) is 0 Å². The normalized spacial score (nSPS) is 11.2. The summed E-state index contributed by atoms with van der Waals surface area (Å²) in [7, 11) is 4.12. The van der Waals surface area contributed by atoms with Gasteiger partial charge in [-0.1, -0.05) is 30.2 Å². The quantitative estimate of drug-likeness (QED) is 0.140. The Labute approximate surface area is 239 Å². The average Bonchev–Trinajstić information content (AvgIpc) is 3.60. The zero-order valence-corrected chi connectivity index (χ0v) is 23.4. The van der Waals surface area contributed by atoms with Gasteiger partial charge in [-0.05, 0) is 51.2 Å². The molecule has 210 valence electrons. The topological polar surface area (TPSA) is 108 Å². The standard InChI is InChI=1S/C32H34N6O3/c1-4-16-33-30(39)7-5-18-40-24-12-14-26-28(20-24)36-31(34-26)22-8-10-23(11-9-22)32-35-27-15-13-25(21-29(27)37-32)41-19-6-17-38(2)3/h1,8-15,20-21H,5-7,16-19H2,2-3H3,(H,33,39)(H,34,36)(H,35,37). The van der Waals surface area contributed by atoms with E-state index in [1.165, 1.54) is 0 Å². The SMILES string of the molecule is C#CCNC(=O)CCCOc1ccc2nc(-c3ccc(-c4nc5ccc(OCCCN(C)C)cc5[nH]4)cc3)[nH]c2c1. The van der Waals surface area contributed by atoms with Crippen molar-refractivity contribution in [2.45, 2.75) is 19.3 Å². The largest absolute Gasteiger partial charge is 0.494 e. The number of imidazole rings is 2. The van der Waals surface area contributed by atoms with Crippen molar-refractivity contribution in [3.05, 3.63) is 60.7 Å². The lowest BCUT2D eigenvalue weighted by Crippen LogP contribution is -2.23. The van der Waals surface area contributed by atoms with Crippen LogP contribution in [0.25, 0.3) is 44.8 Å². The number of carbonyl (C=O) groups is 1. The van der Waals surface area contributed by atoms with Crippen LogP contribution in [0.2, 0.25) is 0 Å². The first kappa shape index (κ1) is 27.7. The van der Waals surface area contributed by atoms with Gasteiger partial charge < -0.3 is 29.7 Å². The van der Waals surface area contributed by atoms with Gasteiger partial charge >= 0.3 is 0 Å². The third-order valence-electron chi connectivity index (χ3n) is 6.56. The van der Waals surface area contributed by atoms with Crippen molar-refractivity contribution in [3.8, 4) is 46.6 Å². The maximum Gasteiger partial charge on any atom is 0.220 e. The van der Waals surface area contributed by atoms with Gasteiger partial charge in [-0.3, -0.25) is 4.79 Å². The molecule has 2 aromatic heterocycles. The summed E-state index contributed by atoms with van der Waals surface area (Å²) in [5.41, 5.74) is 5.52. The summed E-state index contributed by atoms with van der Waals surface area (Å²) in [6, 6.07) is 19.8. The van der Waals surface area contributed by atoms with Crippen molar-refractivity contribution >= 4 is 28.0 Å². The molecule has 0 saturated carbocycles. The molecule has 5 rings (SSSR count). The Morgan fingerprint density at radius 3 is 1.90 bits per heavy atom. The monoisotopic (exact) mass is 550 g/mol. The van der Waals surface area contributed by atoms with Gasteiger partial charge in [0.2, 0.25) is 5.91 Å². The summed E-state index contributed by atoms with van der Waals surface area (Å²) in [6.07, 6.45) is 7.10. The maximum absolute atomic E-state index is 11.7. The first-order valence-electron chi connectivity index (χ1n) is 13.7. The number of benzene rings is 3. The van der Waals surface area contributed by atoms with Gasteiger partial charge in [-0.15, -0.1) is 6.42 Å². The highest BCUT2D eigenvalue weighted by Gasteiger charge is 2.10. The van der Waals surface area contributed by atoms with Crippen LogP contribution in [0.5, 0.6) is 11.5 Å². The molecule has 0 saturated heterocycles. The lowest BCUT2D eigenvalue weighted by atomic mass is 10.1. The molecule has 5 aromatic rings. The first-order valence-corrected chi connectivity index (χ1v) is 13.7. The van der Waals surface area contributed by atoms with Gasteiger partial charge in [0, 0.05) is 36.2 Å². The fourth-order valence-corrected chi connectivity index (χ4v) is 4.45. The fraction of sp³-hybridized carbons (Fsp3) is 0.281. The van der Waals surface area contributed by atoms with E-state index in [4.69, 9.17) is 25.9 Å². The Kier molecular flexibility index (Phi) is 8.82. The number of hydrogen-bond acceptors (Lipinski definition) is 6. The zero-order valence-electron chi connectivity index (χ0n) is 23.4. The minimum Gasteiger partial charge on any atom is -0.494 e. The number of rotatable bonds is 13. The fourth-order valence-electron chi connectivity index (χ4n) is 4.45. The van der Waals surface area contributed by atoms with Crippen LogP contribution < -0.4 is 14.8 Å². The number of nitrogens with one attached hydrogen (secondary N) is 3. The smallest absolute Gasteiger partial charge is 0.220 e. The van der Waals surface area contributed by atoms with Crippen LogP contribution in [0.3, 0.4) is 0 Å². The van der Waals surface area contributed by atoms with E-state index in [1.54, 1.807) is 0 Å². The predicted molar refractivity (Wildman–Crippen MR) is 162 cm³/mol. The minimum absolute atomic E-state index is 0.0723. The van der Waals surface area contributed by atoms with E-state index in [9.17, 15) is 4.79 Å². The third kappa shape index (κ3) is 7.24. The Morgan fingerprint density at radius 2 is 1.39 bits per heavy atom. The number of amides is 1. The number of terminal acetylenes is 1. The number of hydrogen-bond donors (Lipinski definition) is 3. The second-order valence-electron chi connectivity index (χ2n) is 10.0. The molecule has 1 amide bonds. The van der Waals surface area contributed by atoms with E-state index in [1.807, 2.05) is 60.7 Å². The molecule has 0 radical (unpaired) electrons. The van der Waals surface area contributed by atoms with Crippen molar-refractivity contribution in [1.82, 2.24) is 30.2 Å². The summed E-state index contributed by atoms with van der Waals surface area (Å²) in [5.74, 6) is 5.45. The number of ether oxygens (including phenoxy) is 2. The van der Waals surface area contributed by atoms with E-state index in [0.717, 1.165) is 69.3 Å². The van der Waals surface area contributed by atoms with Crippen LogP contribution in [0.1, 0.15) is 19.3 Å². The Morgan fingerprint density at radius 1 is 0.854 bits per heavy atom. The molecule has 41 heavy (non-hydrogen) atoms. The lowest BCUT2D eigenvalue weighted by Gasteiger charge is -2.10. The average molecular weight is 551 g/mol. The number of aromatic nitrogens is 4. The highest BCUT2D eigenvalue weighted by Crippen LogP contribution is 2.28. The number of H-pyrrole nitrogens is 2. The lowest BCUT2D eigenvalue weighted by molar-refractivity contribution is -0.121. The van der Waals surface area contributed by atoms with Gasteiger partial charge in [-0.2, -0.15) is 0 Å². The number of nitrogens with zero attached hydrogens (tertiary/aromatic N) is 3. The van der Waals surface area contributed by atoms with Gasteiger partial charge in [0.1, 0.15) is 23.1 Å². The van der Waals surface area contributed by atoms with Crippen LogP contribution in [-0.4, -0.2) is 71.1 Å². The molecule has 9 heteroatoms. The minimum atomic E-state index is -0.0723. The van der Waals surface area contributed by atoms with Gasteiger partial charge in [0.25, 0.3) is 0 Å². The molecule has 0 aliphatic rings.